The molecule has 3 aromatic rings. The molecule has 3 heterocycles. The Balaban J connectivity index is 1.75. The lowest BCUT2D eigenvalue weighted by Gasteiger charge is -2.26. The number of hydrogen-bond donors (Lipinski definition) is 1. The quantitative estimate of drug-likeness (QED) is 0.760. The van der Waals surface area contributed by atoms with E-state index in [0.29, 0.717) is 17.4 Å². The summed E-state index contributed by atoms with van der Waals surface area (Å²) in [4.78, 5) is 40.8. The van der Waals surface area contributed by atoms with Crippen LogP contribution in [0.4, 0.5) is 0 Å². The van der Waals surface area contributed by atoms with Crippen LogP contribution in [-0.2, 0) is 12.8 Å². The zero-order valence-electron chi connectivity index (χ0n) is 13.6. The predicted octanol–water partition coefficient (Wildman–Crippen LogP) is 2.60. The molecule has 1 fully saturated rings. The smallest absolute Gasteiger partial charge is 0.337 e. The maximum absolute atomic E-state index is 12.9. The molecule has 0 radical (unpaired) electrons. The van der Waals surface area contributed by atoms with Crippen LogP contribution in [-0.4, -0.2) is 9.55 Å². The number of hydrogen-bond acceptors (Lipinski definition) is 5. The van der Waals surface area contributed by atoms with E-state index < -0.39 is 11.3 Å². The average Bonchev–Trinajstić information content (AvgIpc) is 3.02. The third-order valence-corrected chi connectivity index (χ3v) is 5.74. The minimum Gasteiger partial charge on any atom is -0.405 e. The van der Waals surface area contributed by atoms with Crippen LogP contribution in [0.5, 0.6) is 0 Å². The molecule has 0 bridgehead atoms. The van der Waals surface area contributed by atoms with Gasteiger partial charge in [0.05, 0.1) is 0 Å². The van der Waals surface area contributed by atoms with Crippen LogP contribution in [0.15, 0.2) is 42.4 Å². The molecule has 1 saturated carbocycles. The van der Waals surface area contributed by atoms with E-state index in [1.165, 1.54) is 15.5 Å². The van der Waals surface area contributed by atoms with Crippen LogP contribution in [0, 0.1) is 0 Å². The number of H-pyrrole nitrogens is 1. The Bertz CT molecular complexity index is 1070. The topological polar surface area (TPSA) is 85.1 Å². The van der Waals surface area contributed by atoms with Gasteiger partial charge in [-0.1, -0.05) is 6.07 Å². The molecule has 0 amide bonds. The van der Waals surface area contributed by atoms with Crippen molar-refractivity contribution in [3.8, 4) is 0 Å². The largest absolute Gasteiger partial charge is 0.405 e. The van der Waals surface area contributed by atoms with Gasteiger partial charge < -0.3 is 4.42 Å². The Morgan fingerprint density at radius 1 is 1.24 bits per heavy atom. The molecule has 0 aliphatic heterocycles. The number of fused-ring (bicyclic) bond motifs is 1. The van der Waals surface area contributed by atoms with Crippen molar-refractivity contribution >= 4 is 22.4 Å². The third kappa shape index (κ3) is 3.00. The van der Waals surface area contributed by atoms with Gasteiger partial charge in [-0.25, -0.2) is 9.59 Å². The average molecular weight is 358 g/mol. The van der Waals surface area contributed by atoms with Crippen LogP contribution in [0.1, 0.15) is 42.2 Å². The van der Waals surface area contributed by atoms with Gasteiger partial charge in [0.1, 0.15) is 5.39 Å². The fraction of sp³-hybridized carbons (Fsp3) is 0.389. The summed E-state index contributed by atoms with van der Waals surface area (Å²) in [5.74, 6) is 0. The van der Waals surface area contributed by atoms with Gasteiger partial charge in [-0.3, -0.25) is 14.3 Å². The number of rotatable bonds is 5. The van der Waals surface area contributed by atoms with E-state index in [4.69, 9.17) is 4.42 Å². The summed E-state index contributed by atoms with van der Waals surface area (Å²) in [6.45, 7) is 0. The van der Waals surface area contributed by atoms with E-state index in [2.05, 4.69) is 11.1 Å². The molecular weight excluding hydrogens is 340 g/mol. The molecule has 1 N–H and O–H groups in total. The van der Waals surface area contributed by atoms with Gasteiger partial charge in [0, 0.05) is 17.0 Å². The summed E-state index contributed by atoms with van der Waals surface area (Å²) in [7, 11) is 0. The molecule has 0 unspecified atom stereocenters. The molecule has 0 atom stereocenters. The van der Waals surface area contributed by atoms with Gasteiger partial charge in [-0.05, 0) is 55.5 Å². The van der Waals surface area contributed by atoms with Crippen molar-refractivity contribution in [3.05, 3.63) is 65.3 Å². The first-order chi connectivity index (χ1) is 12.1. The standard InChI is InChI=1S/C18H18N2O4S/c21-14-10-11(4-1-7-13-8-3-9-25-13)15-16(24-14)19-18(23)20(17(15)22)12-5-2-6-12/h3,8-10,12H,1-2,4-7H2,(H,19,23). The number of nitrogens with zero attached hydrogens (tertiary/aromatic N) is 1. The molecule has 130 valence electrons. The molecule has 0 saturated heterocycles. The number of nitrogens with one attached hydrogen (secondary N) is 1. The first-order valence-electron chi connectivity index (χ1n) is 8.47. The first-order valence-corrected chi connectivity index (χ1v) is 9.35. The molecule has 4 rings (SSSR count). The highest BCUT2D eigenvalue weighted by molar-refractivity contribution is 7.09. The van der Waals surface area contributed by atoms with Gasteiger partial charge in [0.25, 0.3) is 5.56 Å². The monoisotopic (exact) mass is 358 g/mol. The van der Waals surface area contributed by atoms with E-state index in [0.717, 1.165) is 32.1 Å². The van der Waals surface area contributed by atoms with Crippen molar-refractivity contribution in [2.24, 2.45) is 0 Å². The Kier molecular flexibility index (Phi) is 4.17. The molecule has 1 aliphatic rings. The minimum atomic E-state index is -0.546. The van der Waals surface area contributed by atoms with Crippen molar-refractivity contribution < 1.29 is 4.42 Å². The number of aromatic nitrogens is 2. The van der Waals surface area contributed by atoms with E-state index in [-0.39, 0.29) is 17.3 Å². The number of thiophene rings is 1. The lowest BCUT2D eigenvalue weighted by molar-refractivity contribution is 0.297. The van der Waals surface area contributed by atoms with Crippen molar-refractivity contribution in [1.29, 1.82) is 0 Å². The molecule has 7 heteroatoms. The number of aryl methyl sites for hydroxylation is 2. The van der Waals surface area contributed by atoms with Gasteiger partial charge >= 0.3 is 11.3 Å². The van der Waals surface area contributed by atoms with Crippen molar-refractivity contribution in [3.63, 3.8) is 0 Å². The summed E-state index contributed by atoms with van der Waals surface area (Å²) in [5, 5.41) is 2.36. The summed E-state index contributed by atoms with van der Waals surface area (Å²) >= 11 is 1.69. The third-order valence-electron chi connectivity index (χ3n) is 4.80. The van der Waals surface area contributed by atoms with Gasteiger partial charge in [-0.2, -0.15) is 0 Å². The fourth-order valence-electron chi connectivity index (χ4n) is 3.32. The second-order valence-electron chi connectivity index (χ2n) is 6.42. The van der Waals surface area contributed by atoms with Crippen LogP contribution >= 0.6 is 11.3 Å². The minimum absolute atomic E-state index is 0.0100. The maximum Gasteiger partial charge on any atom is 0.337 e. The first kappa shape index (κ1) is 16.1. The van der Waals surface area contributed by atoms with E-state index in [1.807, 2.05) is 11.4 Å². The van der Waals surface area contributed by atoms with E-state index in [1.54, 1.807) is 11.3 Å². The Labute approximate surface area is 146 Å². The molecule has 0 spiro atoms. The highest BCUT2D eigenvalue weighted by atomic mass is 32.1. The van der Waals surface area contributed by atoms with Gasteiger partial charge in [-0.15, -0.1) is 11.3 Å². The SMILES string of the molecule is O=c1cc(CCCc2cccs2)c2c(=O)n(C3CCC3)c(=O)[nH]c2o1. The summed E-state index contributed by atoms with van der Waals surface area (Å²) < 4.78 is 6.37. The zero-order chi connectivity index (χ0) is 17.4. The van der Waals surface area contributed by atoms with Crippen molar-refractivity contribution in [2.75, 3.05) is 0 Å². The Morgan fingerprint density at radius 3 is 2.76 bits per heavy atom. The van der Waals surface area contributed by atoms with Crippen molar-refractivity contribution in [2.45, 2.75) is 44.6 Å². The highest BCUT2D eigenvalue weighted by Gasteiger charge is 2.25. The predicted molar refractivity (Wildman–Crippen MR) is 96.6 cm³/mol. The zero-order valence-corrected chi connectivity index (χ0v) is 14.4. The highest BCUT2D eigenvalue weighted by Crippen LogP contribution is 2.29. The molecule has 6 nitrogen and oxygen atoms in total. The normalized spacial score (nSPS) is 14.7. The lowest BCUT2D eigenvalue weighted by atomic mass is 9.93. The Morgan fingerprint density at radius 2 is 2.08 bits per heavy atom. The van der Waals surface area contributed by atoms with E-state index in [9.17, 15) is 14.4 Å². The van der Waals surface area contributed by atoms with E-state index >= 15 is 0 Å². The molecule has 0 aromatic carbocycles. The summed E-state index contributed by atoms with van der Waals surface area (Å²) in [6.07, 6.45) is 4.98. The fourth-order valence-corrected chi connectivity index (χ4v) is 4.07. The summed E-state index contributed by atoms with van der Waals surface area (Å²) in [6, 6.07) is 5.41. The molecular formula is C18H18N2O4S. The second-order valence-corrected chi connectivity index (χ2v) is 7.45. The van der Waals surface area contributed by atoms with Gasteiger partial charge in [0.15, 0.2) is 0 Å². The Hall–Kier alpha value is -2.41. The van der Waals surface area contributed by atoms with Crippen LogP contribution in [0.3, 0.4) is 0 Å². The number of aromatic amines is 1. The van der Waals surface area contributed by atoms with Crippen LogP contribution in [0.25, 0.3) is 11.1 Å². The molecule has 3 aromatic heterocycles. The lowest BCUT2D eigenvalue weighted by Crippen LogP contribution is -2.41. The van der Waals surface area contributed by atoms with Crippen molar-refractivity contribution in [1.82, 2.24) is 9.55 Å². The van der Waals surface area contributed by atoms with Crippen LogP contribution in [0.2, 0.25) is 0 Å². The molecule has 25 heavy (non-hydrogen) atoms. The summed E-state index contributed by atoms with van der Waals surface area (Å²) in [5.41, 5.74) is -0.754. The maximum atomic E-state index is 12.9. The van der Waals surface area contributed by atoms with Crippen LogP contribution < -0.4 is 16.9 Å². The second kappa shape index (κ2) is 6.48. The van der Waals surface area contributed by atoms with Gasteiger partial charge in [0.2, 0.25) is 5.71 Å². The molecule has 1 aliphatic carbocycles.